The summed E-state index contributed by atoms with van der Waals surface area (Å²) >= 11 is 0. The standard InChI is InChI=1S/C21H17N5O4/c27-21-19(26(28)29)20(24-17-8-4-5-11-25(17)21)23-13-16-9-10-22-18(12-16)30-14-15-6-2-1-3-7-15/h1-12,23H,13-14H2. The molecule has 0 aliphatic carbocycles. The number of hydrogen-bond acceptors (Lipinski definition) is 7. The van der Waals surface area contributed by atoms with Gasteiger partial charge in [-0.15, -0.1) is 0 Å². The molecule has 1 N–H and O–H groups in total. The Hall–Kier alpha value is -4.27. The van der Waals surface area contributed by atoms with Gasteiger partial charge in [-0.05, 0) is 29.3 Å². The van der Waals surface area contributed by atoms with Crippen molar-refractivity contribution in [1.82, 2.24) is 14.4 Å². The molecule has 0 aliphatic heterocycles. The van der Waals surface area contributed by atoms with Crippen LogP contribution in [0.3, 0.4) is 0 Å². The van der Waals surface area contributed by atoms with Gasteiger partial charge in [0.1, 0.15) is 12.3 Å². The van der Waals surface area contributed by atoms with Gasteiger partial charge in [0.15, 0.2) is 0 Å². The van der Waals surface area contributed by atoms with Gasteiger partial charge in [0.05, 0.1) is 4.92 Å². The molecular weight excluding hydrogens is 386 g/mol. The Morgan fingerprint density at radius 2 is 1.87 bits per heavy atom. The summed E-state index contributed by atoms with van der Waals surface area (Å²) < 4.78 is 6.85. The highest BCUT2D eigenvalue weighted by atomic mass is 16.6. The molecular formula is C21H17N5O4. The predicted molar refractivity (Wildman–Crippen MR) is 110 cm³/mol. The highest BCUT2D eigenvalue weighted by Gasteiger charge is 2.23. The normalized spacial score (nSPS) is 10.7. The van der Waals surface area contributed by atoms with E-state index in [1.165, 1.54) is 6.20 Å². The third kappa shape index (κ3) is 4.09. The highest BCUT2D eigenvalue weighted by molar-refractivity contribution is 5.59. The van der Waals surface area contributed by atoms with E-state index >= 15 is 0 Å². The first kappa shape index (κ1) is 19.1. The van der Waals surface area contributed by atoms with Gasteiger partial charge in [-0.1, -0.05) is 36.4 Å². The molecule has 30 heavy (non-hydrogen) atoms. The lowest BCUT2D eigenvalue weighted by Crippen LogP contribution is -2.21. The largest absolute Gasteiger partial charge is 0.473 e. The van der Waals surface area contributed by atoms with Crippen molar-refractivity contribution >= 4 is 17.2 Å². The lowest BCUT2D eigenvalue weighted by atomic mass is 10.2. The van der Waals surface area contributed by atoms with E-state index in [-0.39, 0.29) is 12.4 Å². The van der Waals surface area contributed by atoms with E-state index < -0.39 is 16.2 Å². The van der Waals surface area contributed by atoms with E-state index in [1.54, 1.807) is 36.5 Å². The quantitative estimate of drug-likeness (QED) is 0.372. The average molecular weight is 403 g/mol. The molecule has 3 heterocycles. The van der Waals surface area contributed by atoms with Gasteiger partial charge in [-0.25, -0.2) is 9.97 Å². The summed E-state index contributed by atoms with van der Waals surface area (Å²) in [6.07, 6.45) is 3.04. The number of nitrogens with one attached hydrogen (secondary N) is 1. The SMILES string of the molecule is O=c1c([N+](=O)[O-])c(NCc2ccnc(OCc3ccccc3)c2)nc2ccccn12. The van der Waals surface area contributed by atoms with Crippen LogP contribution in [0.1, 0.15) is 11.1 Å². The second kappa shape index (κ2) is 8.39. The van der Waals surface area contributed by atoms with E-state index in [0.717, 1.165) is 15.5 Å². The van der Waals surface area contributed by atoms with E-state index in [4.69, 9.17) is 4.74 Å². The third-order valence-corrected chi connectivity index (χ3v) is 4.38. The van der Waals surface area contributed by atoms with Crippen molar-refractivity contribution in [2.24, 2.45) is 0 Å². The molecule has 0 aliphatic rings. The van der Waals surface area contributed by atoms with Crippen LogP contribution in [0, 0.1) is 10.1 Å². The first-order valence-electron chi connectivity index (χ1n) is 9.13. The molecule has 1 aromatic carbocycles. The van der Waals surface area contributed by atoms with Crippen LogP contribution in [-0.4, -0.2) is 19.3 Å². The predicted octanol–water partition coefficient (Wildman–Crippen LogP) is 3.19. The van der Waals surface area contributed by atoms with Crippen molar-refractivity contribution < 1.29 is 9.66 Å². The molecule has 0 radical (unpaired) electrons. The van der Waals surface area contributed by atoms with Crippen LogP contribution in [0.25, 0.3) is 5.65 Å². The second-order valence-electron chi connectivity index (χ2n) is 6.43. The maximum atomic E-state index is 12.5. The van der Waals surface area contributed by atoms with Crippen molar-refractivity contribution in [1.29, 1.82) is 0 Å². The van der Waals surface area contributed by atoms with Crippen LogP contribution in [0.4, 0.5) is 11.5 Å². The lowest BCUT2D eigenvalue weighted by molar-refractivity contribution is -0.385. The Balaban J connectivity index is 1.53. The van der Waals surface area contributed by atoms with Crippen molar-refractivity contribution in [3.63, 3.8) is 0 Å². The highest BCUT2D eigenvalue weighted by Crippen LogP contribution is 2.20. The van der Waals surface area contributed by atoms with Gasteiger partial charge in [-0.3, -0.25) is 19.3 Å². The van der Waals surface area contributed by atoms with Gasteiger partial charge >= 0.3 is 11.2 Å². The second-order valence-corrected chi connectivity index (χ2v) is 6.43. The van der Waals surface area contributed by atoms with Gasteiger partial charge in [-0.2, -0.15) is 0 Å². The van der Waals surface area contributed by atoms with E-state index in [1.807, 2.05) is 30.3 Å². The number of ether oxygens (including phenoxy) is 1. The summed E-state index contributed by atoms with van der Waals surface area (Å²) in [4.78, 5) is 31.6. The summed E-state index contributed by atoms with van der Waals surface area (Å²) in [6.45, 7) is 0.583. The average Bonchev–Trinajstić information content (AvgIpc) is 2.77. The summed E-state index contributed by atoms with van der Waals surface area (Å²) in [6, 6.07) is 18.1. The number of fused-ring (bicyclic) bond motifs is 1. The molecule has 0 saturated heterocycles. The lowest BCUT2D eigenvalue weighted by Gasteiger charge is -2.09. The van der Waals surface area contributed by atoms with Gasteiger partial charge in [0, 0.05) is 25.0 Å². The maximum Gasteiger partial charge on any atom is 0.376 e. The monoisotopic (exact) mass is 403 g/mol. The summed E-state index contributed by atoms with van der Waals surface area (Å²) in [5, 5.41) is 14.3. The first-order chi connectivity index (χ1) is 14.6. The van der Waals surface area contributed by atoms with Gasteiger partial charge in [0.2, 0.25) is 11.7 Å². The number of rotatable bonds is 7. The minimum absolute atomic E-state index is 0.0835. The summed E-state index contributed by atoms with van der Waals surface area (Å²) in [5.41, 5.74) is 0.761. The van der Waals surface area contributed by atoms with Crippen LogP contribution in [0.2, 0.25) is 0 Å². The number of nitrogens with zero attached hydrogens (tertiary/aromatic N) is 4. The van der Waals surface area contributed by atoms with E-state index in [0.29, 0.717) is 18.1 Å². The molecule has 0 fully saturated rings. The molecule has 4 rings (SSSR count). The minimum atomic E-state index is -0.741. The number of hydrogen-bond donors (Lipinski definition) is 1. The minimum Gasteiger partial charge on any atom is -0.473 e. The molecule has 150 valence electrons. The van der Waals surface area contributed by atoms with E-state index in [9.17, 15) is 14.9 Å². The number of anilines is 1. The maximum absolute atomic E-state index is 12.5. The first-order valence-corrected chi connectivity index (χ1v) is 9.13. The topological polar surface area (TPSA) is 112 Å². The van der Waals surface area contributed by atoms with Crippen molar-refractivity contribution in [3.8, 4) is 5.88 Å². The third-order valence-electron chi connectivity index (χ3n) is 4.38. The summed E-state index contributed by atoms with van der Waals surface area (Å²) in [7, 11) is 0. The molecule has 3 aromatic heterocycles. The molecule has 0 bridgehead atoms. The van der Waals surface area contributed by atoms with Crippen LogP contribution in [0.15, 0.2) is 77.9 Å². The Labute approximate surface area is 170 Å². The molecule has 0 spiro atoms. The fourth-order valence-corrected chi connectivity index (χ4v) is 2.92. The fourth-order valence-electron chi connectivity index (χ4n) is 2.92. The van der Waals surface area contributed by atoms with E-state index in [2.05, 4.69) is 15.3 Å². The molecule has 0 saturated carbocycles. The van der Waals surface area contributed by atoms with Gasteiger partial charge < -0.3 is 10.1 Å². The zero-order valence-corrected chi connectivity index (χ0v) is 15.8. The van der Waals surface area contributed by atoms with Crippen LogP contribution in [0.5, 0.6) is 5.88 Å². The molecule has 0 unspecified atom stereocenters. The Morgan fingerprint density at radius 1 is 1.07 bits per heavy atom. The fraction of sp³-hybridized carbons (Fsp3) is 0.0952. The number of benzene rings is 1. The molecule has 0 amide bonds. The number of nitro groups is 1. The van der Waals surface area contributed by atoms with Crippen molar-refractivity contribution in [2.45, 2.75) is 13.2 Å². The number of aromatic nitrogens is 3. The molecule has 4 aromatic rings. The smallest absolute Gasteiger partial charge is 0.376 e. The summed E-state index contributed by atoms with van der Waals surface area (Å²) in [5.74, 6) is 0.346. The molecule has 9 heteroatoms. The van der Waals surface area contributed by atoms with Crippen molar-refractivity contribution in [3.05, 3.63) is 105 Å². The van der Waals surface area contributed by atoms with Gasteiger partial charge in [0.25, 0.3) is 0 Å². The van der Waals surface area contributed by atoms with Crippen LogP contribution >= 0.6 is 0 Å². The number of pyridine rings is 2. The Morgan fingerprint density at radius 3 is 2.67 bits per heavy atom. The van der Waals surface area contributed by atoms with Crippen LogP contribution < -0.4 is 15.6 Å². The molecule has 0 atom stereocenters. The zero-order valence-electron chi connectivity index (χ0n) is 15.8. The molecule has 9 nitrogen and oxygen atoms in total. The van der Waals surface area contributed by atoms with Crippen molar-refractivity contribution in [2.75, 3.05) is 5.32 Å². The Bertz CT molecular complexity index is 1260. The zero-order chi connectivity index (χ0) is 20.9. The van der Waals surface area contributed by atoms with Crippen LogP contribution in [-0.2, 0) is 13.2 Å². The Kier molecular flexibility index (Phi) is 5.33.